The number of rotatable bonds is 7. The van der Waals surface area contributed by atoms with Crippen molar-refractivity contribution in [3.05, 3.63) is 23.8 Å². The molecular formula is C13H17F3N2O2. The van der Waals surface area contributed by atoms with Crippen LogP contribution in [-0.2, 0) is 0 Å². The van der Waals surface area contributed by atoms with Crippen molar-refractivity contribution in [1.82, 2.24) is 0 Å². The summed E-state index contributed by atoms with van der Waals surface area (Å²) in [5.74, 6) is 0.598. The van der Waals surface area contributed by atoms with E-state index in [9.17, 15) is 13.2 Å². The molecular weight excluding hydrogens is 273 g/mol. The van der Waals surface area contributed by atoms with Gasteiger partial charge in [0.1, 0.15) is 5.84 Å². The number of amidine groups is 1. The molecule has 0 radical (unpaired) electrons. The molecule has 4 nitrogen and oxygen atoms in total. The quantitative estimate of drug-likeness (QED) is 0.460. The molecule has 0 saturated carbocycles. The zero-order chi connectivity index (χ0) is 15.2. The molecule has 112 valence electrons. The molecule has 0 spiro atoms. The second-order valence-corrected chi connectivity index (χ2v) is 4.08. The molecule has 20 heavy (non-hydrogen) atoms. The van der Waals surface area contributed by atoms with Gasteiger partial charge in [0.15, 0.2) is 11.5 Å². The van der Waals surface area contributed by atoms with Gasteiger partial charge in [-0.15, -0.1) is 0 Å². The van der Waals surface area contributed by atoms with Crippen molar-refractivity contribution in [2.45, 2.75) is 25.9 Å². The second kappa shape index (κ2) is 7.02. The number of nitrogens with one attached hydrogen (secondary N) is 1. The van der Waals surface area contributed by atoms with Crippen LogP contribution in [0.1, 0.15) is 25.3 Å². The van der Waals surface area contributed by atoms with E-state index in [-0.39, 0.29) is 18.9 Å². The van der Waals surface area contributed by atoms with Gasteiger partial charge in [-0.2, -0.15) is 13.2 Å². The van der Waals surface area contributed by atoms with E-state index in [2.05, 4.69) is 0 Å². The summed E-state index contributed by atoms with van der Waals surface area (Å²) in [6.45, 7) is 2.09. The van der Waals surface area contributed by atoms with E-state index in [4.69, 9.17) is 20.6 Å². The molecule has 1 aromatic rings. The lowest BCUT2D eigenvalue weighted by atomic mass is 10.2. The molecule has 0 aliphatic rings. The van der Waals surface area contributed by atoms with Gasteiger partial charge >= 0.3 is 6.18 Å². The Morgan fingerprint density at radius 3 is 2.50 bits per heavy atom. The maximum atomic E-state index is 12.0. The summed E-state index contributed by atoms with van der Waals surface area (Å²) in [4.78, 5) is 0. The number of halogens is 3. The smallest absolute Gasteiger partial charge is 0.389 e. The van der Waals surface area contributed by atoms with Crippen molar-refractivity contribution in [2.75, 3.05) is 13.2 Å². The van der Waals surface area contributed by atoms with E-state index in [1.165, 1.54) is 12.1 Å². The first-order chi connectivity index (χ1) is 9.33. The lowest BCUT2D eigenvalue weighted by Gasteiger charge is -2.13. The van der Waals surface area contributed by atoms with Crippen LogP contribution in [-0.4, -0.2) is 25.2 Å². The molecule has 0 amide bonds. The number of hydrogen-bond acceptors (Lipinski definition) is 3. The SMILES string of the molecule is CCOc1cc(C(=N)N)ccc1OCCCC(F)(F)F. The van der Waals surface area contributed by atoms with Gasteiger partial charge in [0, 0.05) is 12.0 Å². The molecule has 0 fully saturated rings. The van der Waals surface area contributed by atoms with Crippen molar-refractivity contribution >= 4 is 5.84 Å². The minimum atomic E-state index is -4.18. The van der Waals surface area contributed by atoms with Crippen LogP contribution in [0.5, 0.6) is 11.5 Å². The van der Waals surface area contributed by atoms with Gasteiger partial charge in [0.2, 0.25) is 0 Å². The van der Waals surface area contributed by atoms with Gasteiger partial charge < -0.3 is 15.2 Å². The van der Waals surface area contributed by atoms with Gasteiger partial charge in [-0.25, -0.2) is 0 Å². The highest BCUT2D eigenvalue weighted by molar-refractivity contribution is 5.95. The Kier molecular flexibility index (Phi) is 5.66. The maximum absolute atomic E-state index is 12.0. The lowest BCUT2D eigenvalue weighted by molar-refractivity contribution is -0.136. The number of ether oxygens (including phenoxy) is 2. The van der Waals surface area contributed by atoms with E-state index in [1.54, 1.807) is 13.0 Å². The number of alkyl halides is 3. The number of hydrogen-bond donors (Lipinski definition) is 2. The molecule has 0 aliphatic heterocycles. The van der Waals surface area contributed by atoms with Gasteiger partial charge in [-0.1, -0.05) is 0 Å². The van der Waals surface area contributed by atoms with Crippen LogP contribution in [0.2, 0.25) is 0 Å². The maximum Gasteiger partial charge on any atom is 0.389 e. The highest BCUT2D eigenvalue weighted by Crippen LogP contribution is 2.29. The van der Waals surface area contributed by atoms with E-state index in [0.717, 1.165) is 0 Å². The monoisotopic (exact) mass is 290 g/mol. The van der Waals surface area contributed by atoms with Crippen LogP contribution in [0.4, 0.5) is 13.2 Å². The van der Waals surface area contributed by atoms with Gasteiger partial charge in [0.25, 0.3) is 0 Å². The molecule has 0 heterocycles. The Hall–Kier alpha value is -1.92. The number of benzene rings is 1. The lowest BCUT2D eigenvalue weighted by Crippen LogP contribution is -2.12. The summed E-state index contributed by atoms with van der Waals surface area (Å²) in [7, 11) is 0. The van der Waals surface area contributed by atoms with E-state index in [1.807, 2.05) is 0 Å². The van der Waals surface area contributed by atoms with Crippen LogP contribution in [0.25, 0.3) is 0 Å². The second-order valence-electron chi connectivity index (χ2n) is 4.08. The summed E-state index contributed by atoms with van der Waals surface area (Å²) < 4.78 is 46.6. The van der Waals surface area contributed by atoms with Crippen LogP contribution in [0.15, 0.2) is 18.2 Å². The standard InChI is InChI=1S/C13H17F3N2O2/c1-2-19-11-8-9(12(17)18)4-5-10(11)20-7-3-6-13(14,15)16/h4-5,8H,2-3,6-7H2,1H3,(H3,17,18). The highest BCUT2D eigenvalue weighted by atomic mass is 19.4. The van der Waals surface area contributed by atoms with Crippen LogP contribution < -0.4 is 15.2 Å². The summed E-state index contributed by atoms with van der Waals surface area (Å²) >= 11 is 0. The van der Waals surface area contributed by atoms with E-state index in [0.29, 0.717) is 23.7 Å². The zero-order valence-corrected chi connectivity index (χ0v) is 11.1. The number of nitrogens with two attached hydrogens (primary N) is 1. The summed E-state index contributed by atoms with van der Waals surface area (Å²) in [6, 6.07) is 4.63. The zero-order valence-electron chi connectivity index (χ0n) is 11.1. The number of nitrogen functional groups attached to an aromatic ring is 1. The van der Waals surface area contributed by atoms with Crippen molar-refractivity contribution in [1.29, 1.82) is 5.41 Å². The first-order valence-electron chi connectivity index (χ1n) is 6.14. The molecule has 0 aliphatic carbocycles. The summed E-state index contributed by atoms with van der Waals surface area (Å²) in [5.41, 5.74) is 5.83. The summed E-state index contributed by atoms with van der Waals surface area (Å²) in [6.07, 6.45) is -5.18. The first kappa shape index (κ1) is 16.1. The molecule has 0 bridgehead atoms. The predicted octanol–water partition coefficient (Wildman–Crippen LogP) is 3.09. The fourth-order valence-electron chi connectivity index (χ4n) is 1.52. The molecule has 7 heteroatoms. The Labute approximate surface area is 115 Å². The Bertz CT molecular complexity index is 461. The fourth-order valence-corrected chi connectivity index (χ4v) is 1.52. The Balaban J connectivity index is 2.66. The van der Waals surface area contributed by atoms with Crippen LogP contribution >= 0.6 is 0 Å². The molecule has 0 saturated heterocycles. The highest BCUT2D eigenvalue weighted by Gasteiger charge is 2.26. The van der Waals surface area contributed by atoms with Crippen molar-refractivity contribution in [3.8, 4) is 11.5 Å². The average Bonchev–Trinajstić information content (AvgIpc) is 2.35. The molecule has 1 aromatic carbocycles. The molecule has 3 N–H and O–H groups in total. The Morgan fingerprint density at radius 1 is 1.25 bits per heavy atom. The molecule has 0 atom stereocenters. The third-order valence-corrected chi connectivity index (χ3v) is 2.42. The molecule has 1 rings (SSSR count). The minimum absolute atomic E-state index is 0.0565. The fraction of sp³-hybridized carbons (Fsp3) is 0.462. The first-order valence-corrected chi connectivity index (χ1v) is 6.14. The van der Waals surface area contributed by atoms with E-state index >= 15 is 0 Å². The topological polar surface area (TPSA) is 68.3 Å². The minimum Gasteiger partial charge on any atom is -0.490 e. The third-order valence-electron chi connectivity index (χ3n) is 2.42. The third kappa shape index (κ3) is 5.38. The van der Waals surface area contributed by atoms with Crippen molar-refractivity contribution in [2.24, 2.45) is 5.73 Å². The largest absolute Gasteiger partial charge is 0.490 e. The average molecular weight is 290 g/mol. The predicted molar refractivity (Wildman–Crippen MR) is 69.4 cm³/mol. The van der Waals surface area contributed by atoms with Gasteiger partial charge in [0.05, 0.1) is 13.2 Å². The van der Waals surface area contributed by atoms with Crippen molar-refractivity contribution < 1.29 is 22.6 Å². The normalized spacial score (nSPS) is 11.2. The van der Waals surface area contributed by atoms with Crippen molar-refractivity contribution in [3.63, 3.8) is 0 Å². The summed E-state index contributed by atoms with van der Waals surface area (Å²) in [5, 5.41) is 7.33. The molecule has 0 unspecified atom stereocenters. The molecule has 0 aromatic heterocycles. The van der Waals surface area contributed by atoms with Gasteiger partial charge in [-0.3, -0.25) is 5.41 Å². The van der Waals surface area contributed by atoms with E-state index < -0.39 is 12.6 Å². The van der Waals surface area contributed by atoms with Crippen LogP contribution in [0.3, 0.4) is 0 Å². The van der Waals surface area contributed by atoms with Gasteiger partial charge in [-0.05, 0) is 31.5 Å². The Morgan fingerprint density at radius 2 is 1.95 bits per heavy atom. The van der Waals surface area contributed by atoms with Crippen LogP contribution in [0, 0.1) is 5.41 Å².